The quantitative estimate of drug-likeness (QED) is 0.186. The Hall–Kier alpha value is -6.86. The molecule has 0 atom stereocenters. The molecule has 0 spiro atoms. The number of fused-ring (bicyclic) bond motifs is 2. The summed E-state index contributed by atoms with van der Waals surface area (Å²) in [6.45, 7) is 0. The average molecular weight is 565 g/mol. The van der Waals surface area contributed by atoms with E-state index < -0.39 is 0 Å². The molecule has 6 aromatic carbocycles. The molecule has 0 aliphatic carbocycles. The third-order valence-electron chi connectivity index (χ3n) is 7.08. The first-order valence-corrected chi connectivity index (χ1v) is 13.5. The molecule has 204 valence electrons. The van der Waals surface area contributed by atoms with Gasteiger partial charge in [-0.2, -0.15) is 21.0 Å². The molecule has 0 aromatic heterocycles. The SMILES string of the molecule is N#Cc1cc2ccc(Oc3ccc(/C=C/c4ccc(Oc5ccc6cc(C#N)c(C#N)cc6c5)cc4)cc3)cc2cc1C#N. The Balaban J connectivity index is 1.10. The Morgan fingerprint density at radius 3 is 1.02 bits per heavy atom. The van der Waals surface area contributed by atoms with E-state index >= 15 is 0 Å². The lowest BCUT2D eigenvalue weighted by Crippen LogP contribution is -1.88. The summed E-state index contributed by atoms with van der Waals surface area (Å²) in [5.74, 6) is 2.64. The molecule has 0 unspecified atom stereocenters. The highest BCUT2D eigenvalue weighted by Gasteiger charge is 2.08. The first-order chi connectivity index (χ1) is 21.5. The standard InChI is InChI=1S/C38H20N4O2/c39-21-31-15-27-7-13-37(19-29(27)17-33(31)23-41)43-35-9-3-25(4-10-35)1-2-26-5-11-36(12-6-26)44-38-14-8-28-16-32(22-40)34(24-42)18-30(28)20-38/h1-20H/b2-1+. The molecular weight excluding hydrogens is 544 g/mol. The third-order valence-corrected chi connectivity index (χ3v) is 7.08. The van der Waals surface area contributed by atoms with Crippen LogP contribution in [0.1, 0.15) is 33.4 Å². The number of nitrogens with zero attached hydrogens (tertiary/aromatic N) is 4. The van der Waals surface area contributed by atoms with Gasteiger partial charge in [0, 0.05) is 0 Å². The third kappa shape index (κ3) is 5.79. The highest BCUT2D eigenvalue weighted by Crippen LogP contribution is 2.30. The molecule has 0 saturated heterocycles. The fraction of sp³-hybridized carbons (Fsp3) is 0. The van der Waals surface area contributed by atoms with Crippen LogP contribution in [0.5, 0.6) is 23.0 Å². The second-order valence-corrected chi connectivity index (χ2v) is 9.94. The van der Waals surface area contributed by atoms with Gasteiger partial charge in [-0.3, -0.25) is 0 Å². The van der Waals surface area contributed by atoms with E-state index in [0.29, 0.717) is 45.3 Å². The van der Waals surface area contributed by atoms with Gasteiger partial charge in [-0.05, 0) is 105 Å². The van der Waals surface area contributed by atoms with Crippen molar-refractivity contribution in [1.82, 2.24) is 0 Å². The number of rotatable bonds is 6. The van der Waals surface area contributed by atoms with Gasteiger partial charge in [0.05, 0.1) is 22.3 Å². The van der Waals surface area contributed by atoms with Crippen LogP contribution in [0.3, 0.4) is 0 Å². The van der Waals surface area contributed by atoms with Crippen molar-refractivity contribution in [2.45, 2.75) is 0 Å². The summed E-state index contributed by atoms with van der Waals surface area (Å²) < 4.78 is 12.1. The van der Waals surface area contributed by atoms with Crippen molar-refractivity contribution in [1.29, 1.82) is 21.0 Å². The van der Waals surface area contributed by atoms with Crippen molar-refractivity contribution in [3.05, 3.63) is 143 Å². The van der Waals surface area contributed by atoms with Crippen LogP contribution >= 0.6 is 0 Å². The molecule has 0 heterocycles. The number of benzene rings is 6. The molecular formula is C38H20N4O2. The van der Waals surface area contributed by atoms with Crippen molar-refractivity contribution in [3.8, 4) is 47.3 Å². The van der Waals surface area contributed by atoms with Gasteiger partial charge in [-0.1, -0.05) is 48.6 Å². The summed E-state index contributed by atoms with van der Waals surface area (Å²) in [6.07, 6.45) is 4.02. The smallest absolute Gasteiger partial charge is 0.128 e. The Morgan fingerprint density at radius 1 is 0.364 bits per heavy atom. The molecule has 6 aromatic rings. The molecule has 0 radical (unpaired) electrons. The van der Waals surface area contributed by atoms with Gasteiger partial charge in [0.1, 0.15) is 47.3 Å². The summed E-state index contributed by atoms with van der Waals surface area (Å²) in [4.78, 5) is 0. The van der Waals surface area contributed by atoms with Crippen LogP contribution in [0.25, 0.3) is 33.7 Å². The monoisotopic (exact) mass is 564 g/mol. The van der Waals surface area contributed by atoms with E-state index in [1.807, 2.05) is 97.1 Å². The van der Waals surface area contributed by atoms with E-state index in [9.17, 15) is 21.0 Å². The van der Waals surface area contributed by atoms with Gasteiger partial charge in [-0.15, -0.1) is 0 Å². The minimum absolute atomic E-state index is 0.341. The maximum absolute atomic E-state index is 9.32. The number of hydrogen-bond acceptors (Lipinski definition) is 6. The van der Waals surface area contributed by atoms with Gasteiger partial charge in [-0.25, -0.2) is 0 Å². The normalized spacial score (nSPS) is 10.5. The maximum Gasteiger partial charge on any atom is 0.128 e. The van der Waals surface area contributed by atoms with E-state index in [4.69, 9.17) is 9.47 Å². The van der Waals surface area contributed by atoms with Crippen molar-refractivity contribution >= 4 is 33.7 Å². The Labute approximate surface area is 253 Å². The largest absolute Gasteiger partial charge is 0.457 e. The van der Waals surface area contributed by atoms with Gasteiger partial charge in [0.15, 0.2) is 0 Å². The predicted octanol–water partition coefficient (Wildman–Crippen LogP) is 9.23. The van der Waals surface area contributed by atoms with Crippen LogP contribution in [0.4, 0.5) is 0 Å². The lowest BCUT2D eigenvalue weighted by Gasteiger charge is -2.08. The van der Waals surface area contributed by atoms with Crippen LogP contribution in [0.15, 0.2) is 109 Å². The van der Waals surface area contributed by atoms with Crippen molar-refractivity contribution in [2.75, 3.05) is 0 Å². The Morgan fingerprint density at radius 2 is 0.682 bits per heavy atom. The number of nitriles is 4. The Kier molecular flexibility index (Phi) is 7.41. The summed E-state index contributed by atoms with van der Waals surface area (Å²) in [5, 5.41) is 40.5. The topological polar surface area (TPSA) is 114 Å². The summed E-state index contributed by atoms with van der Waals surface area (Å²) in [7, 11) is 0. The molecule has 0 amide bonds. The van der Waals surface area contributed by atoms with Crippen molar-refractivity contribution in [2.24, 2.45) is 0 Å². The summed E-state index contributed by atoms with van der Waals surface area (Å²) >= 11 is 0. The summed E-state index contributed by atoms with van der Waals surface area (Å²) in [6, 6.07) is 41.7. The first kappa shape index (κ1) is 27.3. The average Bonchev–Trinajstić information content (AvgIpc) is 3.07. The minimum atomic E-state index is 0.341. The van der Waals surface area contributed by atoms with E-state index in [1.54, 1.807) is 24.3 Å². The lowest BCUT2D eigenvalue weighted by atomic mass is 10.0. The van der Waals surface area contributed by atoms with Crippen LogP contribution in [-0.4, -0.2) is 0 Å². The highest BCUT2D eigenvalue weighted by atomic mass is 16.5. The van der Waals surface area contributed by atoms with Crippen LogP contribution in [0, 0.1) is 45.3 Å². The van der Waals surface area contributed by atoms with E-state index in [0.717, 1.165) is 32.7 Å². The second-order valence-electron chi connectivity index (χ2n) is 9.94. The second kappa shape index (κ2) is 11.9. The van der Waals surface area contributed by atoms with Crippen LogP contribution in [0.2, 0.25) is 0 Å². The van der Waals surface area contributed by atoms with Crippen LogP contribution < -0.4 is 9.47 Å². The molecule has 0 fully saturated rings. The van der Waals surface area contributed by atoms with Crippen LogP contribution in [-0.2, 0) is 0 Å². The van der Waals surface area contributed by atoms with E-state index in [1.165, 1.54) is 0 Å². The fourth-order valence-electron chi connectivity index (χ4n) is 4.81. The molecule has 44 heavy (non-hydrogen) atoms. The number of hydrogen-bond donors (Lipinski definition) is 0. The van der Waals surface area contributed by atoms with Gasteiger partial charge < -0.3 is 9.47 Å². The predicted molar refractivity (Wildman–Crippen MR) is 169 cm³/mol. The molecule has 6 nitrogen and oxygen atoms in total. The summed E-state index contributed by atoms with van der Waals surface area (Å²) in [5.41, 5.74) is 3.41. The molecule has 6 rings (SSSR count). The number of ether oxygens (including phenoxy) is 2. The maximum atomic E-state index is 9.32. The van der Waals surface area contributed by atoms with Gasteiger partial charge >= 0.3 is 0 Å². The van der Waals surface area contributed by atoms with Crippen molar-refractivity contribution < 1.29 is 9.47 Å². The van der Waals surface area contributed by atoms with E-state index in [2.05, 4.69) is 24.3 Å². The zero-order valence-corrected chi connectivity index (χ0v) is 23.2. The van der Waals surface area contributed by atoms with Gasteiger partial charge in [0.25, 0.3) is 0 Å². The molecule has 0 bridgehead atoms. The zero-order chi connectivity index (χ0) is 30.5. The van der Waals surface area contributed by atoms with Crippen molar-refractivity contribution in [3.63, 3.8) is 0 Å². The molecule has 6 heteroatoms. The first-order valence-electron chi connectivity index (χ1n) is 13.5. The Bertz CT molecular complexity index is 2100. The fourth-order valence-corrected chi connectivity index (χ4v) is 4.81. The minimum Gasteiger partial charge on any atom is -0.457 e. The lowest BCUT2D eigenvalue weighted by molar-refractivity contribution is 0.483. The molecule has 0 aliphatic heterocycles. The van der Waals surface area contributed by atoms with Gasteiger partial charge in [0.2, 0.25) is 0 Å². The highest BCUT2D eigenvalue weighted by molar-refractivity contribution is 5.88. The molecule has 0 saturated carbocycles. The molecule has 0 N–H and O–H groups in total. The molecule has 0 aliphatic rings. The van der Waals surface area contributed by atoms with E-state index in [-0.39, 0.29) is 0 Å². The zero-order valence-electron chi connectivity index (χ0n) is 23.2.